The van der Waals surface area contributed by atoms with Crippen LogP contribution < -0.4 is 4.90 Å². The summed E-state index contributed by atoms with van der Waals surface area (Å²) < 4.78 is 5.36. The molecule has 1 aliphatic heterocycles. The molecule has 0 fully saturated rings. The van der Waals surface area contributed by atoms with Crippen molar-refractivity contribution in [3.05, 3.63) is 41.0 Å². The van der Waals surface area contributed by atoms with Gasteiger partial charge in [0, 0.05) is 18.7 Å². The standard InChI is InChI=1S/C16H21N3O/c1-3-5-15-17-16(20-18-15)11-19-9-4-6-13-8-7-12(2)10-14(13)19/h7-8,10H,3-6,9,11H2,1-2H3. The van der Waals surface area contributed by atoms with E-state index in [0.29, 0.717) is 6.54 Å². The predicted octanol–water partition coefficient (Wildman–Crippen LogP) is 3.28. The molecule has 20 heavy (non-hydrogen) atoms. The van der Waals surface area contributed by atoms with Crippen molar-refractivity contribution in [2.24, 2.45) is 0 Å². The van der Waals surface area contributed by atoms with Crippen LogP contribution in [0.25, 0.3) is 0 Å². The van der Waals surface area contributed by atoms with Gasteiger partial charge in [-0.05, 0) is 43.4 Å². The highest BCUT2D eigenvalue weighted by Gasteiger charge is 2.19. The first-order chi connectivity index (χ1) is 9.76. The third kappa shape index (κ3) is 2.69. The molecule has 3 rings (SSSR count). The van der Waals surface area contributed by atoms with Crippen LogP contribution in [0, 0.1) is 6.92 Å². The number of aryl methyl sites for hydroxylation is 3. The Labute approximate surface area is 119 Å². The van der Waals surface area contributed by atoms with Gasteiger partial charge in [0.2, 0.25) is 5.89 Å². The van der Waals surface area contributed by atoms with Gasteiger partial charge in [-0.25, -0.2) is 0 Å². The summed E-state index contributed by atoms with van der Waals surface area (Å²) in [4.78, 5) is 6.83. The predicted molar refractivity (Wildman–Crippen MR) is 78.8 cm³/mol. The number of anilines is 1. The van der Waals surface area contributed by atoms with E-state index in [-0.39, 0.29) is 0 Å². The van der Waals surface area contributed by atoms with Gasteiger partial charge in [0.25, 0.3) is 0 Å². The van der Waals surface area contributed by atoms with Crippen molar-refractivity contribution < 1.29 is 4.52 Å². The summed E-state index contributed by atoms with van der Waals surface area (Å²) >= 11 is 0. The van der Waals surface area contributed by atoms with E-state index in [2.05, 4.69) is 47.1 Å². The summed E-state index contributed by atoms with van der Waals surface area (Å²) in [5.74, 6) is 1.55. The number of hydrogen-bond acceptors (Lipinski definition) is 4. The molecular formula is C16H21N3O. The van der Waals surface area contributed by atoms with E-state index in [1.807, 2.05) is 0 Å². The molecule has 0 saturated carbocycles. The van der Waals surface area contributed by atoms with E-state index < -0.39 is 0 Å². The van der Waals surface area contributed by atoms with E-state index in [1.54, 1.807) is 0 Å². The average molecular weight is 271 g/mol. The summed E-state index contributed by atoms with van der Waals surface area (Å²) in [6, 6.07) is 6.69. The van der Waals surface area contributed by atoms with E-state index in [1.165, 1.54) is 23.2 Å². The molecule has 0 amide bonds. The lowest BCUT2D eigenvalue weighted by Gasteiger charge is -2.30. The van der Waals surface area contributed by atoms with Crippen LogP contribution in [0.15, 0.2) is 22.7 Å². The molecular weight excluding hydrogens is 250 g/mol. The molecule has 0 bridgehead atoms. The van der Waals surface area contributed by atoms with Crippen molar-refractivity contribution >= 4 is 5.69 Å². The van der Waals surface area contributed by atoms with Crippen molar-refractivity contribution in [3.8, 4) is 0 Å². The van der Waals surface area contributed by atoms with Crippen LogP contribution in [0.3, 0.4) is 0 Å². The lowest BCUT2D eigenvalue weighted by atomic mass is 10.00. The number of hydrogen-bond donors (Lipinski definition) is 0. The first kappa shape index (κ1) is 13.2. The van der Waals surface area contributed by atoms with Gasteiger partial charge in [0.15, 0.2) is 5.82 Å². The lowest BCUT2D eigenvalue weighted by molar-refractivity contribution is 0.369. The van der Waals surface area contributed by atoms with Crippen LogP contribution in [0.2, 0.25) is 0 Å². The van der Waals surface area contributed by atoms with E-state index >= 15 is 0 Å². The van der Waals surface area contributed by atoms with E-state index in [0.717, 1.165) is 37.5 Å². The smallest absolute Gasteiger partial charge is 0.246 e. The second-order valence-corrected chi connectivity index (χ2v) is 5.51. The Bertz CT molecular complexity index is 591. The summed E-state index contributed by atoms with van der Waals surface area (Å²) in [6.07, 6.45) is 4.28. The Balaban J connectivity index is 1.79. The zero-order chi connectivity index (χ0) is 13.9. The normalized spacial score (nSPS) is 14.4. The molecule has 4 nitrogen and oxygen atoms in total. The Kier molecular flexibility index (Phi) is 3.72. The Morgan fingerprint density at radius 3 is 3.10 bits per heavy atom. The third-order valence-corrected chi connectivity index (χ3v) is 3.77. The van der Waals surface area contributed by atoms with Gasteiger partial charge in [0.1, 0.15) is 0 Å². The molecule has 0 saturated heterocycles. The maximum atomic E-state index is 5.36. The summed E-state index contributed by atoms with van der Waals surface area (Å²) in [5.41, 5.74) is 4.05. The molecule has 1 aromatic heterocycles. The zero-order valence-corrected chi connectivity index (χ0v) is 12.2. The largest absolute Gasteiger partial charge is 0.362 e. The molecule has 0 N–H and O–H groups in total. The third-order valence-electron chi connectivity index (χ3n) is 3.77. The lowest BCUT2D eigenvalue weighted by Crippen LogP contribution is -2.29. The minimum Gasteiger partial charge on any atom is -0.362 e. The Hall–Kier alpha value is -1.84. The monoisotopic (exact) mass is 271 g/mol. The van der Waals surface area contributed by atoms with Gasteiger partial charge in [-0.2, -0.15) is 4.98 Å². The van der Waals surface area contributed by atoms with Crippen LogP contribution in [-0.4, -0.2) is 16.7 Å². The molecule has 4 heteroatoms. The minimum atomic E-state index is 0.715. The number of nitrogens with zero attached hydrogens (tertiary/aromatic N) is 3. The second-order valence-electron chi connectivity index (χ2n) is 5.51. The highest BCUT2D eigenvalue weighted by molar-refractivity contribution is 5.57. The molecule has 2 heterocycles. The summed E-state index contributed by atoms with van der Waals surface area (Å²) in [6.45, 7) is 6.04. The minimum absolute atomic E-state index is 0.715. The molecule has 0 atom stereocenters. The quantitative estimate of drug-likeness (QED) is 0.855. The fourth-order valence-corrected chi connectivity index (χ4v) is 2.77. The Morgan fingerprint density at radius 2 is 2.25 bits per heavy atom. The van der Waals surface area contributed by atoms with Crippen molar-refractivity contribution in [3.63, 3.8) is 0 Å². The first-order valence-corrected chi connectivity index (χ1v) is 7.42. The number of rotatable bonds is 4. The highest BCUT2D eigenvalue weighted by Crippen LogP contribution is 2.29. The number of benzene rings is 1. The first-order valence-electron chi connectivity index (χ1n) is 7.42. The van der Waals surface area contributed by atoms with Crippen LogP contribution >= 0.6 is 0 Å². The second kappa shape index (κ2) is 5.65. The topological polar surface area (TPSA) is 42.2 Å². The van der Waals surface area contributed by atoms with Crippen molar-refractivity contribution in [1.29, 1.82) is 0 Å². The van der Waals surface area contributed by atoms with Gasteiger partial charge in [0.05, 0.1) is 6.54 Å². The number of aromatic nitrogens is 2. The van der Waals surface area contributed by atoms with Crippen LogP contribution in [-0.2, 0) is 19.4 Å². The molecule has 106 valence electrons. The highest BCUT2D eigenvalue weighted by atomic mass is 16.5. The van der Waals surface area contributed by atoms with Crippen LogP contribution in [0.5, 0.6) is 0 Å². The molecule has 2 aromatic rings. The van der Waals surface area contributed by atoms with Gasteiger partial charge in [-0.1, -0.05) is 24.2 Å². The summed E-state index contributed by atoms with van der Waals surface area (Å²) in [7, 11) is 0. The van der Waals surface area contributed by atoms with Gasteiger partial charge >= 0.3 is 0 Å². The van der Waals surface area contributed by atoms with Gasteiger partial charge < -0.3 is 9.42 Å². The maximum absolute atomic E-state index is 5.36. The fourth-order valence-electron chi connectivity index (χ4n) is 2.77. The Morgan fingerprint density at radius 1 is 1.35 bits per heavy atom. The summed E-state index contributed by atoms with van der Waals surface area (Å²) in [5, 5.41) is 4.03. The van der Waals surface area contributed by atoms with Crippen LogP contribution in [0.4, 0.5) is 5.69 Å². The molecule has 0 unspecified atom stereocenters. The van der Waals surface area contributed by atoms with Gasteiger partial charge in [-0.3, -0.25) is 0 Å². The number of fused-ring (bicyclic) bond motifs is 1. The molecule has 1 aromatic carbocycles. The van der Waals surface area contributed by atoms with Crippen molar-refractivity contribution in [2.45, 2.75) is 46.1 Å². The van der Waals surface area contributed by atoms with Crippen molar-refractivity contribution in [1.82, 2.24) is 10.1 Å². The van der Waals surface area contributed by atoms with Crippen LogP contribution in [0.1, 0.15) is 42.6 Å². The molecule has 1 aliphatic rings. The van der Waals surface area contributed by atoms with E-state index in [4.69, 9.17) is 4.52 Å². The fraction of sp³-hybridized carbons (Fsp3) is 0.500. The average Bonchev–Trinajstić information content (AvgIpc) is 2.87. The zero-order valence-electron chi connectivity index (χ0n) is 12.2. The van der Waals surface area contributed by atoms with E-state index in [9.17, 15) is 0 Å². The van der Waals surface area contributed by atoms with Gasteiger partial charge in [-0.15, -0.1) is 0 Å². The SMILES string of the molecule is CCCc1noc(CN2CCCc3ccc(C)cc32)n1. The van der Waals surface area contributed by atoms with Crippen molar-refractivity contribution in [2.75, 3.05) is 11.4 Å². The maximum Gasteiger partial charge on any atom is 0.246 e. The molecule has 0 spiro atoms. The molecule has 0 radical (unpaired) electrons. The molecule has 0 aliphatic carbocycles.